The van der Waals surface area contributed by atoms with Crippen LogP contribution >= 0.6 is 9.24 Å². The van der Waals surface area contributed by atoms with E-state index in [-0.39, 0.29) is 0 Å². The van der Waals surface area contributed by atoms with Crippen molar-refractivity contribution < 1.29 is 9.53 Å². The van der Waals surface area contributed by atoms with Gasteiger partial charge in [-0.25, -0.2) is 4.79 Å². The van der Waals surface area contributed by atoms with Gasteiger partial charge in [-0.05, 0) is 9.24 Å². The van der Waals surface area contributed by atoms with Gasteiger partial charge in [-0.15, -0.1) is 0 Å². The maximum absolute atomic E-state index is 9.76. The number of hydrogen-bond donors (Lipinski definition) is 1. The van der Waals surface area contributed by atoms with Crippen molar-refractivity contribution in [3.8, 4) is 0 Å². The van der Waals surface area contributed by atoms with Gasteiger partial charge in [-0.3, -0.25) is 0 Å². The molecule has 1 atom stereocenters. The van der Waals surface area contributed by atoms with Gasteiger partial charge in [0.05, 0.1) is 6.16 Å². The number of primary amides is 1. The minimum atomic E-state index is -0.688. The molecule has 0 saturated heterocycles. The van der Waals surface area contributed by atoms with Gasteiger partial charge in [0.1, 0.15) is 6.61 Å². The number of rotatable bonds is 2. The highest BCUT2D eigenvalue weighted by Crippen LogP contribution is 1.79. The summed E-state index contributed by atoms with van der Waals surface area (Å²) < 4.78 is 4.34. The molecule has 3 nitrogen and oxygen atoms in total. The highest BCUT2D eigenvalue weighted by atomic mass is 31.0. The lowest BCUT2D eigenvalue weighted by Gasteiger charge is -1.91. The Morgan fingerprint density at radius 3 is 2.57 bits per heavy atom. The molecule has 0 rings (SSSR count). The Morgan fingerprint density at radius 2 is 2.43 bits per heavy atom. The van der Waals surface area contributed by atoms with Crippen molar-refractivity contribution in [3.05, 3.63) is 0 Å². The second kappa shape index (κ2) is 3.88. The first-order valence-corrected chi connectivity index (χ1v) is 2.99. The predicted octanol–water partition coefficient (Wildman–Crippen LogP) is -0.311. The van der Waals surface area contributed by atoms with Gasteiger partial charge in [0.25, 0.3) is 0 Å². The molecule has 0 aliphatic heterocycles. The molecule has 2 N–H and O–H groups in total. The summed E-state index contributed by atoms with van der Waals surface area (Å²) >= 11 is 0. The van der Waals surface area contributed by atoms with E-state index in [9.17, 15) is 4.79 Å². The van der Waals surface area contributed by atoms with Crippen LogP contribution in [0.15, 0.2) is 0 Å². The molecule has 0 aliphatic carbocycles. The third-order valence-corrected chi connectivity index (χ3v) is 0.677. The number of carbonyl (C=O) groups is 1. The molecule has 42 valence electrons. The molecule has 0 saturated carbocycles. The third kappa shape index (κ3) is 5.70. The van der Waals surface area contributed by atoms with Crippen molar-refractivity contribution in [2.75, 3.05) is 12.8 Å². The van der Waals surface area contributed by atoms with Crippen LogP contribution in [0.1, 0.15) is 0 Å². The summed E-state index contributed by atoms with van der Waals surface area (Å²) in [6, 6.07) is 0. The highest BCUT2D eigenvalue weighted by Gasteiger charge is 1.88. The quantitative estimate of drug-likeness (QED) is 0.511. The first-order chi connectivity index (χ1) is 3.27. The van der Waals surface area contributed by atoms with Gasteiger partial charge in [0, 0.05) is 0 Å². The molecule has 0 heterocycles. The maximum Gasteiger partial charge on any atom is 0.404 e. The van der Waals surface area contributed by atoms with Crippen molar-refractivity contribution in [2.45, 2.75) is 0 Å². The van der Waals surface area contributed by atoms with Crippen LogP contribution in [0.2, 0.25) is 0 Å². The smallest absolute Gasteiger partial charge is 0.404 e. The Bertz CT molecular complexity index is 66.0. The Hall–Kier alpha value is -0.300. The maximum atomic E-state index is 9.76. The number of ether oxygens (including phenoxy) is 1. The van der Waals surface area contributed by atoms with E-state index in [4.69, 9.17) is 0 Å². The molecule has 0 bridgehead atoms. The average molecular weight is 122 g/mol. The number of carbonyl (C=O) groups excluding carboxylic acids is 1. The largest absolute Gasteiger partial charge is 0.446 e. The van der Waals surface area contributed by atoms with Gasteiger partial charge in [-0.2, -0.15) is 0 Å². The Morgan fingerprint density at radius 1 is 1.86 bits per heavy atom. The average Bonchev–Trinajstić information content (AvgIpc) is 1.61. The van der Waals surface area contributed by atoms with Crippen LogP contribution in [0.5, 0.6) is 0 Å². The van der Waals surface area contributed by atoms with Crippen molar-refractivity contribution in [2.24, 2.45) is 5.73 Å². The van der Waals surface area contributed by atoms with Crippen LogP contribution in [0.25, 0.3) is 0 Å². The van der Waals surface area contributed by atoms with Gasteiger partial charge >= 0.3 is 6.09 Å². The predicted molar refractivity (Wildman–Crippen MR) is 31.5 cm³/mol. The number of nitrogens with two attached hydrogens (primary N) is 1. The SMILES string of the molecule is NC(=O)OCC[PH3+]. The van der Waals surface area contributed by atoms with Crippen LogP contribution in [0.4, 0.5) is 4.79 Å². The summed E-state index contributed by atoms with van der Waals surface area (Å²) in [5, 5.41) is 0. The highest BCUT2D eigenvalue weighted by molar-refractivity contribution is 7.16. The normalized spacial score (nSPS) is 8.57. The standard InChI is InChI=1S/C3H8NO2P/c4-3(5)6-1-2-7/h1-2,7H2,(H2,4,5)/p+1. The summed E-state index contributed by atoms with van der Waals surface area (Å²) in [6.07, 6.45) is 0.162. The minimum absolute atomic E-state index is 0.438. The van der Waals surface area contributed by atoms with Crippen LogP contribution < -0.4 is 5.73 Å². The first kappa shape index (κ1) is 6.70. The fraction of sp³-hybridized carbons (Fsp3) is 0.667. The molecule has 1 unspecified atom stereocenters. The van der Waals surface area contributed by atoms with Gasteiger partial charge < -0.3 is 10.5 Å². The van der Waals surface area contributed by atoms with E-state index in [0.29, 0.717) is 6.61 Å². The van der Waals surface area contributed by atoms with E-state index in [1.165, 1.54) is 0 Å². The molecular weight excluding hydrogens is 113 g/mol. The fourth-order valence-electron chi connectivity index (χ4n) is 0.173. The molecule has 0 spiro atoms. The Balaban J connectivity index is 2.82. The molecule has 0 aromatic carbocycles. The van der Waals surface area contributed by atoms with E-state index in [1.807, 2.05) is 0 Å². The molecule has 0 aliphatic rings. The molecule has 0 radical (unpaired) electrons. The lowest BCUT2D eigenvalue weighted by molar-refractivity contribution is 0.164. The van der Waals surface area contributed by atoms with E-state index in [1.54, 1.807) is 9.24 Å². The summed E-state index contributed by atoms with van der Waals surface area (Å²) in [4.78, 5) is 9.76. The van der Waals surface area contributed by atoms with Crippen molar-refractivity contribution in [3.63, 3.8) is 0 Å². The van der Waals surface area contributed by atoms with E-state index in [0.717, 1.165) is 6.16 Å². The molecular formula is C3H9NO2P+. The Labute approximate surface area is 44.4 Å². The van der Waals surface area contributed by atoms with Gasteiger partial charge in [0.2, 0.25) is 0 Å². The topological polar surface area (TPSA) is 52.3 Å². The first-order valence-electron chi connectivity index (χ1n) is 1.99. The Kier molecular flexibility index (Phi) is 3.71. The minimum Gasteiger partial charge on any atom is -0.446 e. The second-order valence-corrected chi connectivity index (χ2v) is 1.73. The molecule has 0 aromatic heterocycles. The van der Waals surface area contributed by atoms with Crippen LogP contribution in [0.3, 0.4) is 0 Å². The zero-order chi connectivity index (χ0) is 5.70. The number of hydrogen-bond acceptors (Lipinski definition) is 2. The lowest BCUT2D eigenvalue weighted by Crippen LogP contribution is -2.13. The van der Waals surface area contributed by atoms with Gasteiger partial charge in [0.15, 0.2) is 0 Å². The zero-order valence-corrected chi connectivity index (χ0v) is 5.43. The van der Waals surface area contributed by atoms with E-state index >= 15 is 0 Å². The van der Waals surface area contributed by atoms with E-state index in [2.05, 4.69) is 10.5 Å². The van der Waals surface area contributed by atoms with Crippen molar-refractivity contribution in [1.82, 2.24) is 0 Å². The third-order valence-electron chi connectivity index (χ3n) is 0.389. The molecule has 1 amide bonds. The number of amides is 1. The summed E-state index contributed by atoms with van der Waals surface area (Å²) in [7, 11) is 1.74. The monoisotopic (exact) mass is 122 g/mol. The molecule has 0 fully saturated rings. The van der Waals surface area contributed by atoms with Crippen LogP contribution in [0, 0.1) is 0 Å². The van der Waals surface area contributed by atoms with Crippen LogP contribution in [-0.2, 0) is 4.74 Å². The lowest BCUT2D eigenvalue weighted by atomic mass is 10.8. The molecule has 4 heteroatoms. The summed E-state index contributed by atoms with van der Waals surface area (Å²) in [5.74, 6) is 0. The fourth-order valence-corrected chi connectivity index (χ4v) is 0.317. The van der Waals surface area contributed by atoms with Gasteiger partial charge in [-0.1, -0.05) is 0 Å². The van der Waals surface area contributed by atoms with Crippen molar-refractivity contribution in [1.29, 1.82) is 0 Å². The van der Waals surface area contributed by atoms with E-state index < -0.39 is 6.09 Å². The summed E-state index contributed by atoms with van der Waals surface area (Å²) in [6.45, 7) is 0.438. The zero-order valence-electron chi connectivity index (χ0n) is 4.02. The molecule has 7 heavy (non-hydrogen) atoms. The van der Waals surface area contributed by atoms with Crippen LogP contribution in [-0.4, -0.2) is 18.9 Å². The summed E-state index contributed by atoms with van der Waals surface area (Å²) in [5.41, 5.74) is 4.62. The second-order valence-electron chi connectivity index (χ2n) is 1.02. The van der Waals surface area contributed by atoms with Crippen molar-refractivity contribution >= 4 is 15.3 Å². The molecule has 0 aromatic rings.